The molecule has 2 aromatic heterocycles. The van der Waals surface area contributed by atoms with Crippen molar-refractivity contribution in [3.8, 4) is 11.1 Å². The zero-order valence-electron chi connectivity index (χ0n) is 17.9. The van der Waals surface area contributed by atoms with Gasteiger partial charge in [-0.15, -0.1) is 0 Å². The van der Waals surface area contributed by atoms with E-state index < -0.39 is 11.8 Å². The lowest BCUT2D eigenvalue weighted by atomic mass is 9.96. The SMILES string of the molecule is CCOC(=O)c1c(-c2ccc(F)cc2)c(C(=O)c2ccccc2)n2c1ccc1ccccc12. The molecular weight excluding hydrogens is 417 g/mol. The van der Waals surface area contributed by atoms with Gasteiger partial charge in [0.25, 0.3) is 0 Å². The van der Waals surface area contributed by atoms with E-state index in [9.17, 15) is 14.0 Å². The van der Waals surface area contributed by atoms with E-state index in [1.807, 2.05) is 46.9 Å². The van der Waals surface area contributed by atoms with Crippen LogP contribution in [-0.4, -0.2) is 22.8 Å². The molecule has 3 aromatic carbocycles. The topological polar surface area (TPSA) is 47.8 Å². The molecule has 0 saturated heterocycles. The predicted molar refractivity (Wildman–Crippen MR) is 126 cm³/mol. The smallest absolute Gasteiger partial charge is 0.340 e. The maximum atomic E-state index is 13.9. The molecule has 0 aliphatic carbocycles. The number of pyridine rings is 1. The fourth-order valence-electron chi connectivity index (χ4n) is 4.25. The number of para-hydroxylation sites is 1. The van der Waals surface area contributed by atoms with Crippen molar-refractivity contribution in [2.45, 2.75) is 6.92 Å². The Morgan fingerprint density at radius 3 is 2.24 bits per heavy atom. The van der Waals surface area contributed by atoms with Crippen molar-refractivity contribution in [2.24, 2.45) is 0 Å². The van der Waals surface area contributed by atoms with E-state index in [1.165, 1.54) is 12.1 Å². The normalized spacial score (nSPS) is 11.1. The summed E-state index contributed by atoms with van der Waals surface area (Å²) in [6.45, 7) is 1.92. The van der Waals surface area contributed by atoms with Crippen LogP contribution in [0.15, 0.2) is 91.0 Å². The third kappa shape index (κ3) is 3.48. The van der Waals surface area contributed by atoms with Gasteiger partial charge >= 0.3 is 5.97 Å². The van der Waals surface area contributed by atoms with Gasteiger partial charge < -0.3 is 9.14 Å². The Morgan fingerprint density at radius 2 is 1.52 bits per heavy atom. The quantitative estimate of drug-likeness (QED) is 0.239. The molecule has 4 nitrogen and oxygen atoms in total. The number of esters is 1. The van der Waals surface area contributed by atoms with Crippen molar-refractivity contribution in [2.75, 3.05) is 6.61 Å². The number of aromatic nitrogens is 1. The number of benzene rings is 3. The Hall–Kier alpha value is -4.25. The molecule has 0 aliphatic heterocycles. The molecule has 0 fully saturated rings. The Labute approximate surface area is 189 Å². The summed E-state index contributed by atoms with van der Waals surface area (Å²) < 4.78 is 21.0. The molecule has 33 heavy (non-hydrogen) atoms. The van der Waals surface area contributed by atoms with E-state index in [-0.39, 0.29) is 18.0 Å². The van der Waals surface area contributed by atoms with Gasteiger partial charge in [-0.1, -0.05) is 66.7 Å². The van der Waals surface area contributed by atoms with Crippen molar-refractivity contribution in [1.82, 2.24) is 4.40 Å². The number of nitrogens with zero attached hydrogens (tertiary/aromatic N) is 1. The molecule has 0 aliphatic rings. The third-order valence-electron chi connectivity index (χ3n) is 5.67. The molecule has 0 saturated carbocycles. The lowest BCUT2D eigenvalue weighted by Crippen LogP contribution is -2.08. The number of ketones is 1. The molecule has 0 amide bonds. The summed E-state index contributed by atoms with van der Waals surface area (Å²) in [7, 11) is 0. The van der Waals surface area contributed by atoms with Crippen LogP contribution >= 0.6 is 0 Å². The maximum absolute atomic E-state index is 13.9. The molecule has 2 heterocycles. The number of hydrogen-bond acceptors (Lipinski definition) is 3. The predicted octanol–water partition coefficient (Wildman–Crippen LogP) is 6.31. The Bertz CT molecular complexity index is 1500. The standard InChI is InChI=1S/C28H20FNO3/c1-2-33-28(32)25-23-17-14-18-8-6-7-11-22(18)30(23)26(27(31)20-9-4-3-5-10-20)24(25)19-12-15-21(29)16-13-19/h3-17H,2H2,1H3. The van der Waals surface area contributed by atoms with Gasteiger partial charge in [0.05, 0.1) is 23.2 Å². The summed E-state index contributed by atoms with van der Waals surface area (Å²) in [5.74, 6) is -1.17. The minimum absolute atomic E-state index is 0.189. The highest BCUT2D eigenvalue weighted by atomic mass is 19.1. The molecule has 0 atom stereocenters. The minimum Gasteiger partial charge on any atom is -0.462 e. The lowest BCUT2D eigenvalue weighted by molar-refractivity contribution is 0.0529. The van der Waals surface area contributed by atoms with Crippen LogP contribution in [0.1, 0.15) is 33.3 Å². The van der Waals surface area contributed by atoms with Gasteiger partial charge in [0.15, 0.2) is 0 Å². The van der Waals surface area contributed by atoms with Crippen LogP contribution in [0.2, 0.25) is 0 Å². The monoisotopic (exact) mass is 437 g/mol. The number of rotatable bonds is 5. The molecule has 0 unspecified atom stereocenters. The molecule has 5 aromatic rings. The summed E-state index contributed by atoms with van der Waals surface area (Å²) >= 11 is 0. The molecule has 5 heteroatoms. The lowest BCUT2D eigenvalue weighted by Gasteiger charge is -2.10. The molecule has 162 valence electrons. The Balaban J connectivity index is 1.97. The maximum Gasteiger partial charge on any atom is 0.340 e. The van der Waals surface area contributed by atoms with Gasteiger partial charge in [-0.25, -0.2) is 9.18 Å². The number of fused-ring (bicyclic) bond motifs is 3. The third-order valence-corrected chi connectivity index (χ3v) is 5.67. The largest absolute Gasteiger partial charge is 0.462 e. The molecule has 0 bridgehead atoms. The Morgan fingerprint density at radius 1 is 0.818 bits per heavy atom. The van der Waals surface area contributed by atoms with Crippen molar-refractivity contribution >= 4 is 28.2 Å². The molecular formula is C28H20FNO3. The summed E-state index contributed by atoms with van der Waals surface area (Å²) in [5.41, 5.74) is 3.45. The first kappa shape index (κ1) is 20.6. The second-order valence-corrected chi connectivity index (χ2v) is 7.63. The van der Waals surface area contributed by atoms with Crippen molar-refractivity contribution < 1.29 is 18.7 Å². The first-order valence-electron chi connectivity index (χ1n) is 10.7. The zero-order chi connectivity index (χ0) is 22.9. The van der Waals surface area contributed by atoms with Crippen molar-refractivity contribution in [3.63, 3.8) is 0 Å². The summed E-state index contributed by atoms with van der Waals surface area (Å²) in [5, 5.41) is 0.920. The van der Waals surface area contributed by atoms with E-state index >= 15 is 0 Å². The number of carbonyl (C=O) groups is 2. The average molecular weight is 437 g/mol. The van der Waals surface area contributed by atoms with Crippen LogP contribution in [0, 0.1) is 5.82 Å². The highest BCUT2D eigenvalue weighted by molar-refractivity contribution is 6.19. The number of carbonyl (C=O) groups excluding carboxylic acids is 2. The fourth-order valence-corrected chi connectivity index (χ4v) is 4.25. The van der Waals surface area contributed by atoms with Crippen LogP contribution in [0.25, 0.3) is 27.5 Å². The van der Waals surface area contributed by atoms with Gasteiger partial charge in [-0.2, -0.15) is 0 Å². The fraction of sp³-hybridized carbons (Fsp3) is 0.0714. The Kier molecular flexibility index (Phi) is 5.23. The molecule has 0 spiro atoms. The second kappa shape index (κ2) is 8.36. The first-order valence-corrected chi connectivity index (χ1v) is 10.7. The van der Waals surface area contributed by atoms with E-state index in [2.05, 4.69) is 0 Å². The van der Waals surface area contributed by atoms with E-state index in [0.717, 1.165) is 10.9 Å². The van der Waals surface area contributed by atoms with Gasteiger partial charge in [0.2, 0.25) is 5.78 Å². The van der Waals surface area contributed by atoms with E-state index in [4.69, 9.17) is 4.74 Å². The van der Waals surface area contributed by atoms with E-state index in [1.54, 1.807) is 43.3 Å². The van der Waals surface area contributed by atoms with E-state index in [0.29, 0.717) is 27.9 Å². The molecule has 0 radical (unpaired) electrons. The van der Waals surface area contributed by atoms with Gasteiger partial charge in [-0.05, 0) is 42.1 Å². The summed E-state index contributed by atoms with van der Waals surface area (Å²) in [6, 6.07) is 26.1. The van der Waals surface area contributed by atoms with Gasteiger partial charge in [-0.3, -0.25) is 4.79 Å². The van der Waals surface area contributed by atoms with Crippen molar-refractivity contribution in [1.29, 1.82) is 0 Å². The molecule has 5 rings (SSSR count). The van der Waals surface area contributed by atoms with Crippen molar-refractivity contribution in [3.05, 3.63) is 114 Å². The number of ether oxygens (including phenoxy) is 1. The minimum atomic E-state index is -0.531. The van der Waals surface area contributed by atoms with Gasteiger partial charge in [0.1, 0.15) is 11.5 Å². The average Bonchev–Trinajstić information content (AvgIpc) is 3.20. The molecule has 0 N–H and O–H groups in total. The second-order valence-electron chi connectivity index (χ2n) is 7.63. The van der Waals surface area contributed by atoms with Crippen LogP contribution < -0.4 is 0 Å². The first-order chi connectivity index (χ1) is 16.1. The van der Waals surface area contributed by atoms with Gasteiger partial charge in [0, 0.05) is 11.1 Å². The zero-order valence-corrected chi connectivity index (χ0v) is 17.9. The number of hydrogen-bond donors (Lipinski definition) is 0. The van der Waals surface area contributed by atoms with Crippen LogP contribution in [-0.2, 0) is 4.74 Å². The van der Waals surface area contributed by atoms with Crippen LogP contribution in [0.3, 0.4) is 0 Å². The highest BCUT2D eigenvalue weighted by Crippen LogP contribution is 2.37. The van der Waals surface area contributed by atoms with Crippen LogP contribution in [0.4, 0.5) is 4.39 Å². The summed E-state index contributed by atoms with van der Waals surface area (Å²) in [4.78, 5) is 27.1. The van der Waals surface area contributed by atoms with Crippen LogP contribution in [0.5, 0.6) is 0 Å². The summed E-state index contributed by atoms with van der Waals surface area (Å²) in [6.07, 6.45) is 0. The highest BCUT2D eigenvalue weighted by Gasteiger charge is 2.30. The number of halogens is 1.